The van der Waals surface area contributed by atoms with Crippen LogP contribution in [-0.2, 0) is 21.8 Å². The van der Waals surface area contributed by atoms with E-state index in [1.807, 2.05) is 0 Å². The summed E-state index contributed by atoms with van der Waals surface area (Å²) in [5, 5.41) is 8.25. The number of aromatic nitrogens is 4. The van der Waals surface area contributed by atoms with Gasteiger partial charge >= 0.3 is 24.3 Å². The number of nitrogens with zero attached hydrogens (tertiary/aromatic N) is 4. The summed E-state index contributed by atoms with van der Waals surface area (Å²) in [6, 6.07) is 19.5. The van der Waals surface area contributed by atoms with Crippen LogP contribution in [0, 0.1) is 0 Å². The number of carbonyl (C=O) groups is 4. The Kier molecular flexibility index (Phi) is 11.1. The largest absolute Gasteiger partial charge is 0.461 e. The minimum atomic E-state index is -4.56. The second-order valence-electron chi connectivity index (χ2n) is 12.0. The molecule has 0 unspecified atom stereocenters. The zero-order chi connectivity index (χ0) is 41.1. The molecule has 0 amide bonds. The van der Waals surface area contributed by atoms with Gasteiger partial charge in [0.2, 0.25) is 0 Å². The Morgan fingerprint density at radius 1 is 0.526 bits per heavy atom. The van der Waals surface area contributed by atoms with E-state index >= 15 is 0 Å². The van der Waals surface area contributed by atoms with Crippen LogP contribution in [0.4, 0.5) is 26.3 Å². The van der Waals surface area contributed by atoms with Gasteiger partial charge in [-0.25, -0.2) is 19.0 Å². The van der Waals surface area contributed by atoms with Gasteiger partial charge in [-0.2, -0.15) is 36.5 Å². The van der Waals surface area contributed by atoms with Gasteiger partial charge in [-0.1, -0.05) is 0 Å². The first-order chi connectivity index (χ1) is 27.1. The molecule has 2 heterocycles. The van der Waals surface area contributed by atoms with Crippen LogP contribution in [0.5, 0.6) is 11.5 Å². The zero-order valence-electron chi connectivity index (χ0n) is 29.7. The van der Waals surface area contributed by atoms with E-state index in [1.54, 1.807) is 13.8 Å². The molecule has 0 bridgehead atoms. The number of carbonyl (C=O) groups excluding carboxylic acids is 4. The number of ketones is 2. The van der Waals surface area contributed by atoms with Crippen molar-refractivity contribution in [2.45, 2.75) is 26.2 Å². The molecule has 0 saturated heterocycles. The Balaban J connectivity index is 1.19. The van der Waals surface area contributed by atoms with E-state index in [0.717, 1.165) is 57.9 Å². The standard InChI is InChI=1S/C40H28F6N4O7/c1-3-55-37(53)33-31(21-49(47-33)27-13-9-25(10-14-27)39(41,42)43)35(51)23-5-17-29(18-6-23)57-30-19-7-24(8-20-30)36(52)32-22-50(48-34(32)38(54)56-4-2)28-15-11-26(12-16-28)40(44,45)46/h5-22H,3-4H2,1-2H3. The smallest absolute Gasteiger partial charge is 0.416 e. The molecule has 0 saturated carbocycles. The van der Waals surface area contributed by atoms with E-state index in [1.165, 1.54) is 60.9 Å². The van der Waals surface area contributed by atoms with Crippen LogP contribution >= 0.6 is 0 Å². The van der Waals surface area contributed by atoms with Crippen LogP contribution in [0.15, 0.2) is 109 Å². The highest BCUT2D eigenvalue weighted by Gasteiger charge is 2.32. The highest BCUT2D eigenvalue weighted by atomic mass is 19.4. The van der Waals surface area contributed by atoms with Gasteiger partial charge in [0.1, 0.15) is 11.5 Å². The molecule has 2 aromatic heterocycles. The predicted molar refractivity (Wildman–Crippen MR) is 189 cm³/mol. The van der Waals surface area contributed by atoms with Crippen LogP contribution in [0.25, 0.3) is 11.4 Å². The van der Waals surface area contributed by atoms with E-state index in [9.17, 15) is 45.5 Å². The molecule has 0 fully saturated rings. The molecule has 292 valence electrons. The first-order valence-electron chi connectivity index (χ1n) is 16.9. The zero-order valence-corrected chi connectivity index (χ0v) is 29.7. The lowest BCUT2D eigenvalue weighted by atomic mass is 10.0. The molecule has 0 N–H and O–H groups in total. The number of alkyl halides is 6. The Bertz CT molecular complexity index is 2260. The summed E-state index contributed by atoms with van der Waals surface area (Å²) >= 11 is 0. The monoisotopic (exact) mass is 790 g/mol. The van der Waals surface area contributed by atoms with Gasteiger partial charge in [-0.05, 0) is 111 Å². The molecule has 11 nitrogen and oxygen atoms in total. The number of benzene rings is 4. The normalized spacial score (nSPS) is 11.6. The first-order valence-corrected chi connectivity index (χ1v) is 16.9. The van der Waals surface area contributed by atoms with E-state index in [0.29, 0.717) is 0 Å². The van der Waals surface area contributed by atoms with Gasteiger partial charge in [0, 0.05) is 23.5 Å². The summed E-state index contributed by atoms with van der Waals surface area (Å²) in [6.45, 7) is 3.07. The summed E-state index contributed by atoms with van der Waals surface area (Å²) in [6.07, 6.45) is -6.68. The number of hydrogen-bond donors (Lipinski definition) is 0. The Labute approximate surface area is 319 Å². The summed E-state index contributed by atoms with van der Waals surface area (Å²) in [5.41, 5.74) is -2.18. The SMILES string of the molecule is CCOC(=O)c1nn(-c2ccc(C(F)(F)F)cc2)cc1C(=O)c1ccc(Oc2ccc(C(=O)c3cn(-c4ccc(C(F)(F)F)cc4)nc3C(=O)OCC)cc2)cc1. The van der Waals surface area contributed by atoms with Crippen LogP contribution < -0.4 is 4.74 Å². The molecule has 0 aliphatic heterocycles. The Hall–Kier alpha value is -7.04. The number of ether oxygens (including phenoxy) is 3. The average molecular weight is 791 g/mol. The van der Waals surface area contributed by atoms with Gasteiger partial charge in [-0.3, -0.25) is 9.59 Å². The third-order valence-electron chi connectivity index (χ3n) is 8.24. The maximum atomic E-state index is 13.6. The van der Waals surface area contributed by atoms with Crippen LogP contribution in [-0.4, -0.2) is 56.3 Å². The maximum absolute atomic E-state index is 13.6. The number of rotatable bonds is 12. The molecule has 0 aliphatic carbocycles. The van der Waals surface area contributed by atoms with Crippen molar-refractivity contribution in [3.8, 4) is 22.9 Å². The van der Waals surface area contributed by atoms with Gasteiger partial charge < -0.3 is 14.2 Å². The maximum Gasteiger partial charge on any atom is 0.416 e. The number of halogens is 6. The quantitative estimate of drug-likeness (QED) is 0.0679. The highest BCUT2D eigenvalue weighted by Crippen LogP contribution is 2.32. The summed E-state index contributed by atoms with van der Waals surface area (Å²) in [7, 11) is 0. The summed E-state index contributed by atoms with van der Waals surface area (Å²) in [4.78, 5) is 52.6. The molecular formula is C40H28F6N4O7. The molecular weight excluding hydrogens is 762 g/mol. The van der Waals surface area contributed by atoms with Crippen molar-refractivity contribution in [2.75, 3.05) is 13.2 Å². The molecule has 17 heteroatoms. The molecule has 4 aromatic carbocycles. The van der Waals surface area contributed by atoms with Crippen molar-refractivity contribution < 1.29 is 59.7 Å². The highest BCUT2D eigenvalue weighted by molar-refractivity contribution is 6.14. The second kappa shape index (κ2) is 16.0. The second-order valence-corrected chi connectivity index (χ2v) is 12.0. The van der Waals surface area contributed by atoms with Gasteiger partial charge in [0.05, 0.1) is 46.8 Å². The molecule has 0 radical (unpaired) electrons. The summed E-state index contributed by atoms with van der Waals surface area (Å²) in [5.74, 6) is -2.51. The lowest BCUT2D eigenvalue weighted by Gasteiger charge is -2.08. The minimum Gasteiger partial charge on any atom is -0.461 e. The van der Waals surface area contributed by atoms with Gasteiger partial charge in [-0.15, -0.1) is 0 Å². The topological polar surface area (TPSA) is 132 Å². The van der Waals surface area contributed by atoms with E-state index < -0.39 is 47.0 Å². The third-order valence-corrected chi connectivity index (χ3v) is 8.24. The molecule has 0 atom stereocenters. The fraction of sp³-hybridized carbons (Fsp3) is 0.150. The van der Waals surface area contributed by atoms with Crippen molar-refractivity contribution >= 4 is 23.5 Å². The van der Waals surface area contributed by atoms with E-state index in [-0.39, 0.29) is 69.7 Å². The Morgan fingerprint density at radius 3 is 1.16 bits per heavy atom. The first kappa shape index (κ1) is 39.6. The molecule has 57 heavy (non-hydrogen) atoms. The average Bonchev–Trinajstić information content (AvgIpc) is 3.84. The van der Waals surface area contributed by atoms with Crippen molar-refractivity contribution in [3.05, 3.63) is 154 Å². The van der Waals surface area contributed by atoms with Crippen molar-refractivity contribution in [2.24, 2.45) is 0 Å². The fourth-order valence-electron chi connectivity index (χ4n) is 5.45. The fourth-order valence-corrected chi connectivity index (χ4v) is 5.45. The third kappa shape index (κ3) is 8.77. The molecule has 6 rings (SSSR count). The van der Waals surface area contributed by atoms with Crippen LogP contribution in [0.3, 0.4) is 0 Å². The van der Waals surface area contributed by atoms with Crippen molar-refractivity contribution in [1.29, 1.82) is 0 Å². The van der Waals surface area contributed by atoms with Crippen LogP contribution in [0.1, 0.15) is 77.8 Å². The lowest BCUT2D eigenvalue weighted by molar-refractivity contribution is -0.138. The van der Waals surface area contributed by atoms with Gasteiger partial charge in [0.25, 0.3) is 0 Å². The van der Waals surface area contributed by atoms with Crippen molar-refractivity contribution in [3.63, 3.8) is 0 Å². The Morgan fingerprint density at radius 2 is 0.860 bits per heavy atom. The van der Waals surface area contributed by atoms with E-state index in [2.05, 4.69) is 10.2 Å². The number of hydrogen-bond acceptors (Lipinski definition) is 9. The van der Waals surface area contributed by atoms with Crippen molar-refractivity contribution in [1.82, 2.24) is 19.6 Å². The predicted octanol–water partition coefficient (Wildman–Crippen LogP) is 8.70. The van der Waals surface area contributed by atoms with E-state index in [4.69, 9.17) is 14.2 Å². The molecule has 0 aliphatic rings. The molecule has 0 spiro atoms. The summed E-state index contributed by atoms with van der Waals surface area (Å²) < 4.78 is 96.6. The lowest BCUT2D eigenvalue weighted by Crippen LogP contribution is -2.12. The van der Waals surface area contributed by atoms with Crippen LogP contribution in [0.2, 0.25) is 0 Å². The minimum absolute atomic E-state index is 0.0218. The number of esters is 2. The molecule has 6 aromatic rings. The van der Waals surface area contributed by atoms with Gasteiger partial charge in [0.15, 0.2) is 23.0 Å².